The van der Waals surface area contributed by atoms with Gasteiger partial charge in [-0.05, 0) is 36.4 Å². The number of benzene rings is 1. The van der Waals surface area contributed by atoms with Crippen molar-refractivity contribution in [3.63, 3.8) is 0 Å². The highest BCUT2D eigenvalue weighted by molar-refractivity contribution is 6.03. The van der Waals surface area contributed by atoms with Crippen LogP contribution in [0.5, 0.6) is 0 Å². The Kier molecular flexibility index (Phi) is 2.76. The summed E-state index contributed by atoms with van der Waals surface area (Å²) in [6.45, 7) is 0. The highest BCUT2D eigenvalue weighted by atomic mass is 14.8. The van der Waals surface area contributed by atoms with Crippen LogP contribution in [0.3, 0.4) is 0 Å². The van der Waals surface area contributed by atoms with Gasteiger partial charge in [-0.3, -0.25) is 9.97 Å². The molecule has 4 aromatic heterocycles. The molecule has 0 unspecified atom stereocenters. The smallest absolute Gasteiger partial charge is 0.0972 e. The molecular formula is C20H12N4. The third-order valence-electron chi connectivity index (χ3n) is 4.15. The summed E-state index contributed by atoms with van der Waals surface area (Å²) in [5, 5.41) is 2.16. The Morgan fingerprint density at radius 3 is 2.17 bits per heavy atom. The van der Waals surface area contributed by atoms with E-state index in [4.69, 9.17) is 4.98 Å². The summed E-state index contributed by atoms with van der Waals surface area (Å²) < 4.78 is 0. The normalized spacial score (nSPS) is 11.3. The summed E-state index contributed by atoms with van der Waals surface area (Å²) >= 11 is 0. The van der Waals surface area contributed by atoms with Crippen LogP contribution in [0.1, 0.15) is 0 Å². The van der Waals surface area contributed by atoms with Gasteiger partial charge in [0.15, 0.2) is 0 Å². The van der Waals surface area contributed by atoms with Crippen LogP contribution in [0.25, 0.3) is 44.2 Å². The molecule has 0 amide bonds. The number of aromatic nitrogens is 4. The average molecular weight is 308 g/mol. The van der Waals surface area contributed by atoms with E-state index in [1.165, 1.54) is 0 Å². The fraction of sp³-hybridized carbons (Fsp3) is 0. The summed E-state index contributed by atoms with van der Waals surface area (Å²) in [4.78, 5) is 18.3. The Morgan fingerprint density at radius 1 is 0.500 bits per heavy atom. The minimum absolute atomic E-state index is 0.838. The molecule has 0 fully saturated rings. The Bertz CT molecular complexity index is 1210. The molecule has 0 radical (unpaired) electrons. The van der Waals surface area contributed by atoms with Gasteiger partial charge in [-0.2, -0.15) is 0 Å². The van der Waals surface area contributed by atoms with Gasteiger partial charge in [-0.1, -0.05) is 24.3 Å². The molecule has 24 heavy (non-hydrogen) atoms. The third kappa shape index (κ3) is 2.01. The summed E-state index contributed by atoms with van der Waals surface area (Å²) in [6, 6.07) is 20.0. The number of hydrogen-bond donors (Lipinski definition) is 0. The lowest BCUT2D eigenvalue weighted by atomic mass is 10.1. The summed E-state index contributed by atoms with van der Waals surface area (Å²) in [6.07, 6.45) is 3.58. The van der Waals surface area contributed by atoms with Crippen LogP contribution in [0.15, 0.2) is 73.1 Å². The maximum atomic E-state index is 4.84. The van der Waals surface area contributed by atoms with Crippen molar-refractivity contribution in [1.82, 2.24) is 19.9 Å². The molecule has 1 aromatic carbocycles. The quantitative estimate of drug-likeness (QED) is 0.431. The minimum atomic E-state index is 0.838. The number of rotatable bonds is 1. The molecule has 5 aromatic rings. The lowest BCUT2D eigenvalue weighted by molar-refractivity contribution is 1.29. The standard InChI is InChI=1S/C20H12N4/c1-3-13-5-6-14-7-8-18(24-20(14)19(13)22-12-1)17-10-9-15-16(23-17)4-2-11-21-15/h1-12H. The molecule has 0 aliphatic heterocycles. The first-order valence-corrected chi connectivity index (χ1v) is 7.75. The fourth-order valence-corrected chi connectivity index (χ4v) is 2.97. The molecule has 5 rings (SSSR count). The van der Waals surface area contributed by atoms with Gasteiger partial charge in [-0.15, -0.1) is 0 Å². The van der Waals surface area contributed by atoms with Crippen molar-refractivity contribution in [2.75, 3.05) is 0 Å². The molecule has 0 aliphatic carbocycles. The van der Waals surface area contributed by atoms with E-state index >= 15 is 0 Å². The van der Waals surface area contributed by atoms with Crippen LogP contribution in [-0.2, 0) is 0 Å². The second-order valence-corrected chi connectivity index (χ2v) is 5.65. The summed E-state index contributed by atoms with van der Waals surface area (Å²) in [5.74, 6) is 0. The molecule has 4 nitrogen and oxygen atoms in total. The van der Waals surface area contributed by atoms with Crippen molar-refractivity contribution in [2.45, 2.75) is 0 Å². The highest BCUT2D eigenvalue weighted by Crippen LogP contribution is 2.25. The average Bonchev–Trinajstić information content (AvgIpc) is 2.67. The van der Waals surface area contributed by atoms with Crippen LogP contribution in [-0.4, -0.2) is 19.9 Å². The Balaban J connectivity index is 1.77. The maximum Gasteiger partial charge on any atom is 0.0972 e. The van der Waals surface area contributed by atoms with Gasteiger partial charge in [0.05, 0.1) is 33.5 Å². The molecule has 4 heterocycles. The van der Waals surface area contributed by atoms with E-state index in [9.17, 15) is 0 Å². The Hall–Kier alpha value is -3.40. The summed E-state index contributed by atoms with van der Waals surface area (Å²) in [7, 11) is 0. The molecule has 4 heteroatoms. The summed E-state index contributed by atoms with van der Waals surface area (Å²) in [5.41, 5.74) is 5.25. The van der Waals surface area contributed by atoms with Gasteiger partial charge in [0.1, 0.15) is 0 Å². The second kappa shape index (κ2) is 5.06. The molecule has 0 spiro atoms. The SMILES string of the molecule is c1cnc2c(c1)ccc1ccc(-c3ccc4ncccc4n3)nc12. The van der Waals surface area contributed by atoms with Crippen LogP contribution >= 0.6 is 0 Å². The predicted octanol–water partition coefficient (Wildman–Crippen LogP) is 4.39. The zero-order valence-electron chi connectivity index (χ0n) is 12.7. The first-order chi connectivity index (χ1) is 11.9. The second-order valence-electron chi connectivity index (χ2n) is 5.65. The first-order valence-electron chi connectivity index (χ1n) is 7.75. The lowest BCUT2D eigenvalue weighted by Gasteiger charge is -2.06. The van der Waals surface area contributed by atoms with Gasteiger partial charge in [0.2, 0.25) is 0 Å². The molecule has 0 N–H and O–H groups in total. The van der Waals surface area contributed by atoms with E-state index in [0.717, 1.165) is 44.2 Å². The third-order valence-corrected chi connectivity index (χ3v) is 4.15. The van der Waals surface area contributed by atoms with E-state index in [1.54, 1.807) is 12.4 Å². The fourth-order valence-electron chi connectivity index (χ4n) is 2.97. The van der Waals surface area contributed by atoms with Crippen molar-refractivity contribution in [2.24, 2.45) is 0 Å². The minimum Gasteiger partial charge on any atom is -0.255 e. The predicted molar refractivity (Wildman–Crippen MR) is 95.6 cm³/mol. The maximum absolute atomic E-state index is 4.84. The van der Waals surface area contributed by atoms with Crippen LogP contribution in [0.4, 0.5) is 0 Å². The van der Waals surface area contributed by atoms with E-state index in [1.807, 2.05) is 36.4 Å². The van der Waals surface area contributed by atoms with Crippen LogP contribution in [0.2, 0.25) is 0 Å². The van der Waals surface area contributed by atoms with Gasteiger partial charge in [-0.25, -0.2) is 9.97 Å². The zero-order chi connectivity index (χ0) is 15.9. The molecule has 0 saturated heterocycles. The number of nitrogens with zero attached hydrogens (tertiary/aromatic N) is 4. The number of fused-ring (bicyclic) bond motifs is 4. The van der Waals surface area contributed by atoms with Gasteiger partial charge in [0.25, 0.3) is 0 Å². The van der Waals surface area contributed by atoms with E-state index < -0.39 is 0 Å². The largest absolute Gasteiger partial charge is 0.255 e. The van der Waals surface area contributed by atoms with Crippen LogP contribution < -0.4 is 0 Å². The monoisotopic (exact) mass is 308 g/mol. The van der Waals surface area contributed by atoms with Crippen molar-refractivity contribution in [3.8, 4) is 11.4 Å². The Morgan fingerprint density at radius 2 is 1.21 bits per heavy atom. The van der Waals surface area contributed by atoms with E-state index in [2.05, 4.69) is 39.2 Å². The molecule has 0 bridgehead atoms. The molecular weight excluding hydrogens is 296 g/mol. The Labute approximate surface area is 137 Å². The molecule has 0 saturated carbocycles. The first kappa shape index (κ1) is 13.1. The highest BCUT2D eigenvalue weighted by Gasteiger charge is 2.07. The van der Waals surface area contributed by atoms with Gasteiger partial charge in [0, 0.05) is 23.2 Å². The number of pyridine rings is 4. The van der Waals surface area contributed by atoms with Crippen molar-refractivity contribution >= 4 is 32.8 Å². The van der Waals surface area contributed by atoms with Crippen molar-refractivity contribution in [3.05, 3.63) is 73.1 Å². The molecule has 0 atom stereocenters. The molecule has 112 valence electrons. The van der Waals surface area contributed by atoms with Crippen molar-refractivity contribution in [1.29, 1.82) is 0 Å². The van der Waals surface area contributed by atoms with E-state index in [-0.39, 0.29) is 0 Å². The molecule has 0 aliphatic rings. The lowest BCUT2D eigenvalue weighted by Crippen LogP contribution is -1.91. The van der Waals surface area contributed by atoms with Crippen LogP contribution in [0, 0.1) is 0 Å². The zero-order valence-corrected chi connectivity index (χ0v) is 12.7. The van der Waals surface area contributed by atoms with Crippen molar-refractivity contribution < 1.29 is 0 Å². The topological polar surface area (TPSA) is 51.6 Å². The van der Waals surface area contributed by atoms with E-state index in [0.29, 0.717) is 0 Å². The van der Waals surface area contributed by atoms with Gasteiger partial charge < -0.3 is 0 Å². The van der Waals surface area contributed by atoms with Gasteiger partial charge >= 0.3 is 0 Å². The number of hydrogen-bond acceptors (Lipinski definition) is 4.